The second-order valence-corrected chi connectivity index (χ2v) is 5.95. The van der Waals surface area contributed by atoms with Crippen molar-refractivity contribution in [1.82, 2.24) is 20.2 Å². The van der Waals surface area contributed by atoms with Crippen LogP contribution in [0.2, 0.25) is 0 Å². The molecule has 20 heavy (non-hydrogen) atoms. The molecule has 5 heteroatoms. The van der Waals surface area contributed by atoms with Crippen LogP contribution < -0.4 is 5.32 Å². The zero-order chi connectivity index (χ0) is 14.5. The predicted molar refractivity (Wildman–Crippen MR) is 79.3 cm³/mol. The summed E-state index contributed by atoms with van der Waals surface area (Å²) in [5, 5.41) is 3.18. The van der Waals surface area contributed by atoms with Gasteiger partial charge in [-0.1, -0.05) is 19.3 Å². The number of aryl methyl sites for hydroxylation is 1. The Morgan fingerprint density at radius 3 is 2.80 bits per heavy atom. The van der Waals surface area contributed by atoms with Gasteiger partial charge in [-0.2, -0.15) is 0 Å². The van der Waals surface area contributed by atoms with E-state index in [2.05, 4.69) is 15.3 Å². The zero-order valence-electron chi connectivity index (χ0n) is 12.8. The van der Waals surface area contributed by atoms with E-state index in [-0.39, 0.29) is 11.9 Å². The molecule has 0 unspecified atom stereocenters. The molecule has 1 aliphatic carbocycles. The van der Waals surface area contributed by atoms with Gasteiger partial charge < -0.3 is 10.3 Å². The summed E-state index contributed by atoms with van der Waals surface area (Å²) in [6.07, 6.45) is 7.84. The number of aromatic nitrogens is 2. The third kappa shape index (κ3) is 4.07. The number of imidazole rings is 1. The molecular formula is C15H26N4O. The molecule has 0 bridgehead atoms. The lowest BCUT2D eigenvalue weighted by Crippen LogP contribution is -2.47. The van der Waals surface area contributed by atoms with E-state index in [1.807, 2.05) is 32.0 Å². The minimum atomic E-state index is -0.137. The number of hydrogen-bond donors (Lipinski definition) is 2. The second-order valence-electron chi connectivity index (χ2n) is 5.95. The smallest absolute Gasteiger partial charge is 0.237 e. The van der Waals surface area contributed by atoms with Gasteiger partial charge in [0.15, 0.2) is 0 Å². The Bertz CT molecular complexity index is 437. The molecule has 1 atom stereocenters. The van der Waals surface area contributed by atoms with Crippen LogP contribution in [0.4, 0.5) is 0 Å². The number of hydrogen-bond acceptors (Lipinski definition) is 3. The van der Waals surface area contributed by atoms with Crippen molar-refractivity contribution in [1.29, 1.82) is 0 Å². The normalized spacial score (nSPS) is 18.2. The number of H-pyrrole nitrogens is 1. The number of carbonyl (C=O) groups is 1. The molecule has 112 valence electrons. The molecule has 1 aliphatic rings. The van der Waals surface area contributed by atoms with Crippen molar-refractivity contribution >= 4 is 5.91 Å². The highest BCUT2D eigenvalue weighted by Gasteiger charge is 2.22. The van der Waals surface area contributed by atoms with Crippen molar-refractivity contribution in [3.63, 3.8) is 0 Å². The molecular weight excluding hydrogens is 252 g/mol. The van der Waals surface area contributed by atoms with Crippen LogP contribution in [-0.2, 0) is 11.3 Å². The molecule has 0 aromatic carbocycles. The summed E-state index contributed by atoms with van der Waals surface area (Å²) in [6, 6.07) is 0.236. The van der Waals surface area contributed by atoms with Crippen LogP contribution in [0.1, 0.15) is 50.5 Å². The largest absolute Gasteiger partial charge is 0.352 e. The third-order valence-electron chi connectivity index (χ3n) is 4.15. The first-order valence-corrected chi connectivity index (χ1v) is 7.57. The van der Waals surface area contributed by atoms with E-state index in [4.69, 9.17) is 0 Å². The fourth-order valence-corrected chi connectivity index (χ4v) is 2.69. The van der Waals surface area contributed by atoms with Crippen LogP contribution in [-0.4, -0.2) is 39.9 Å². The highest BCUT2D eigenvalue weighted by Crippen LogP contribution is 2.17. The number of nitrogens with zero attached hydrogens (tertiary/aromatic N) is 2. The van der Waals surface area contributed by atoms with Gasteiger partial charge in [0.25, 0.3) is 0 Å². The molecule has 1 aromatic rings. The Morgan fingerprint density at radius 1 is 1.50 bits per heavy atom. The van der Waals surface area contributed by atoms with Crippen LogP contribution in [0.25, 0.3) is 0 Å². The molecule has 1 aromatic heterocycles. The molecule has 5 nitrogen and oxygen atoms in total. The molecule has 0 spiro atoms. The molecule has 1 heterocycles. The topological polar surface area (TPSA) is 61.0 Å². The minimum Gasteiger partial charge on any atom is -0.352 e. The first-order chi connectivity index (χ1) is 9.56. The van der Waals surface area contributed by atoms with Crippen molar-refractivity contribution in [2.75, 3.05) is 7.05 Å². The van der Waals surface area contributed by atoms with Crippen LogP contribution in [0.5, 0.6) is 0 Å². The van der Waals surface area contributed by atoms with E-state index in [1.165, 1.54) is 19.3 Å². The first-order valence-electron chi connectivity index (χ1n) is 7.57. The predicted octanol–water partition coefficient (Wildman–Crippen LogP) is 1.99. The summed E-state index contributed by atoms with van der Waals surface area (Å²) in [5.74, 6) is 1.03. The Labute approximate surface area is 121 Å². The van der Waals surface area contributed by atoms with E-state index >= 15 is 0 Å². The van der Waals surface area contributed by atoms with Gasteiger partial charge in [0.2, 0.25) is 5.91 Å². The lowest BCUT2D eigenvalue weighted by Gasteiger charge is -2.28. The zero-order valence-corrected chi connectivity index (χ0v) is 12.8. The van der Waals surface area contributed by atoms with Gasteiger partial charge in [0, 0.05) is 17.9 Å². The van der Waals surface area contributed by atoms with Crippen molar-refractivity contribution in [2.45, 2.75) is 64.6 Å². The summed E-state index contributed by atoms with van der Waals surface area (Å²) in [5.41, 5.74) is 1.05. The van der Waals surface area contributed by atoms with Gasteiger partial charge in [0.1, 0.15) is 5.82 Å². The third-order valence-corrected chi connectivity index (χ3v) is 4.15. The number of nitrogens with one attached hydrogen (secondary N) is 2. The molecule has 0 aliphatic heterocycles. The average molecular weight is 278 g/mol. The fourth-order valence-electron chi connectivity index (χ4n) is 2.69. The monoisotopic (exact) mass is 278 g/mol. The number of carbonyl (C=O) groups excluding carboxylic acids is 1. The Balaban J connectivity index is 1.82. The average Bonchev–Trinajstić information content (AvgIpc) is 2.84. The summed E-state index contributed by atoms with van der Waals surface area (Å²) in [4.78, 5) is 21.8. The summed E-state index contributed by atoms with van der Waals surface area (Å²) >= 11 is 0. The molecule has 2 N–H and O–H groups in total. The van der Waals surface area contributed by atoms with Crippen LogP contribution in [0, 0.1) is 6.92 Å². The molecule has 2 rings (SSSR count). The van der Waals surface area contributed by atoms with E-state index in [0.29, 0.717) is 12.6 Å². The highest BCUT2D eigenvalue weighted by atomic mass is 16.2. The molecule has 0 radical (unpaired) electrons. The van der Waals surface area contributed by atoms with Crippen molar-refractivity contribution < 1.29 is 4.79 Å². The van der Waals surface area contributed by atoms with E-state index < -0.39 is 0 Å². The Kier molecular flexibility index (Phi) is 5.17. The van der Waals surface area contributed by atoms with Gasteiger partial charge >= 0.3 is 0 Å². The molecule has 1 amide bonds. The van der Waals surface area contributed by atoms with E-state index in [9.17, 15) is 4.79 Å². The van der Waals surface area contributed by atoms with E-state index in [1.54, 1.807) is 0 Å². The van der Waals surface area contributed by atoms with Gasteiger partial charge in [-0.25, -0.2) is 4.98 Å². The second kappa shape index (κ2) is 6.88. The van der Waals surface area contributed by atoms with Gasteiger partial charge in [0.05, 0.1) is 12.6 Å². The van der Waals surface area contributed by atoms with Gasteiger partial charge in [-0.15, -0.1) is 0 Å². The lowest BCUT2D eigenvalue weighted by atomic mass is 9.95. The maximum atomic E-state index is 12.3. The van der Waals surface area contributed by atoms with Crippen molar-refractivity contribution in [3.8, 4) is 0 Å². The minimum absolute atomic E-state index is 0.127. The van der Waals surface area contributed by atoms with Crippen molar-refractivity contribution in [2.24, 2.45) is 0 Å². The van der Waals surface area contributed by atoms with Gasteiger partial charge in [-0.3, -0.25) is 9.69 Å². The quantitative estimate of drug-likeness (QED) is 0.866. The fraction of sp³-hybridized carbons (Fsp3) is 0.733. The molecule has 1 fully saturated rings. The number of amides is 1. The van der Waals surface area contributed by atoms with Crippen LogP contribution >= 0.6 is 0 Å². The number of rotatable bonds is 5. The Hall–Kier alpha value is -1.36. The Morgan fingerprint density at radius 2 is 2.20 bits per heavy atom. The van der Waals surface area contributed by atoms with Gasteiger partial charge in [-0.05, 0) is 33.7 Å². The summed E-state index contributed by atoms with van der Waals surface area (Å²) in [6.45, 7) is 4.59. The number of likely N-dealkylation sites (N-methyl/N-ethyl adjacent to an activating group) is 1. The first kappa shape index (κ1) is 15.0. The maximum Gasteiger partial charge on any atom is 0.237 e. The van der Waals surface area contributed by atoms with Crippen LogP contribution in [0.3, 0.4) is 0 Å². The number of aromatic amines is 1. The molecule has 1 saturated carbocycles. The highest BCUT2D eigenvalue weighted by molar-refractivity contribution is 5.81. The maximum absolute atomic E-state index is 12.3. The summed E-state index contributed by atoms with van der Waals surface area (Å²) in [7, 11) is 1.96. The van der Waals surface area contributed by atoms with Crippen molar-refractivity contribution in [3.05, 3.63) is 17.7 Å². The standard InChI is InChI=1S/C15H26N4O/c1-11-9-16-14(17-11)10-19(3)12(2)15(20)18-13-7-5-4-6-8-13/h9,12-13H,4-8,10H2,1-3H3,(H,16,17)(H,18,20)/t12-/m1/s1. The lowest BCUT2D eigenvalue weighted by molar-refractivity contribution is -0.126. The molecule has 0 saturated heterocycles. The van der Waals surface area contributed by atoms with E-state index in [0.717, 1.165) is 24.4 Å². The van der Waals surface area contributed by atoms with Crippen LogP contribution in [0.15, 0.2) is 6.20 Å². The summed E-state index contributed by atoms with van der Waals surface area (Å²) < 4.78 is 0. The SMILES string of the molecule is Cc1cnc(CN(C)[C@H](C)C(=O)NC2CCCCC2)[nH]1.